The molecule has 1 atom stereocenters. The van der Waals surface area contributed by atoms with Crippen molar-refractivity contribution in [2.45, 2.75) is 44.6 Å². The number of carboxylic acids is 1. The molecule has 1 saturated heterocycles. The first kappa shape index (κ1) is 14.7. The van der Waals surface area contributed by atoms with Gasteiger partial charge in [-0.1, -0.05) is 12.8 Å². The summed E-state index contributed by atoms with van der Waals surface area (Å²) in [5.41, 5.74) is -1.05. The second-order valence-corrected chi connectivity index (χ2v) is 5.76. The van der Waals surface area contributed by atoms with Gasteiger partial charge in [0.15, 0.2) is 0 Å². The van der Waals surface area contributed by atoms with Gasteiger partial charge in [0.25, 0.3) is 0 Å². The minimum atomic E-state index is -1.05. The van der Waals surface area contributed by atoms with E-state index in [0.29, 0.717) is 31.8 Å². The number of carbonyl (C=O) groups excluding carboxylic acids is 1. The third-order valence-corrected chi connectivity index (χ3v) is 4.43. The molecule has 0 spiro atoms. The van der Waals surface area contributed by atoms with E-state index >= 15 is 0 Å². The van der Waals surface area contributed by atoms with Crippen LogP contribution < -0.4 is 0 Å². The zero-order valence-electron chi connectivity index (χ0n) is 12.0. The summed E-state index contributed by atoms with van der Waals surface area (Å²) in [5.74, 6) is 2.14. The van der Waals surface area contributed by atoms with Crippen LogP contribution in [0.15, 0.2) is 0 Å². The van der Waals surface area contributed by atoms with Gasteiger partial charge in [-0.3, -0.25) is 0 Å². The van der Waals surface area contributed by atoms with Crippen LogP contribution >= 0.6 is 0 Å². The molecule has 2 aliphatic rings. The Hall–Kier alpha value is -1.70. The number of hydrogen-bond acceptors (Lipinski definition) is 2. The van der Waals surface area contributed by atoms with Crippen molar-refractivity contribution >= 4 is 12.0 Å². The summed E-state index contributed by atoms with van der Waals surface area (Å²) in [7, 11) is 0. The largest absolute Gasteiger partial charge is 0.479 e. The Morgan fingerprint density at radius 2 is 2.20 bits per heavy atom. The van der Waals surface area contributed by atoms with Gasteiger partial charge in [-0.05, 0) is 38.0 Å². The Labute approximate surface area is 119 Å². The maximum Gasteiger partial charge on any atom is 0.329 e. The average molecular weight is 278 g/mol. The smallest absolute Gasteiger partial charge is 0.329 e. The van der Waals surface area contributed by atoms with E-state index in [1.54, 1.807) is 4.90 Å². The van der Waals surface area contributed by atoms with E-state index in [1.165, 1.54) is 4.90 Å². The highest BCUT2D eigenvalue weighted by Crippen LogP contribution is 2.35. The van der Waals surface area contributed by atoms with Crippen LogP contribution in [0.3, 0.4) is 0 Å². The van der Waals surface area contributed by atoms with Crippen molar-refractivity contribution in [1.29, 1.82) is 0 Å². The first-order chi connectivity index (χ1) is 9.55. The molecule has 20 heavy (non-hydrogen) atoms. The van der Waals surface area contributed by atoms with Gasteiger partial charge in [0, 0.05) is 13.1 Å². The lowest BCUT2D eigenvalue weighted by Gasteiger charge is -2.37. The molecule has 0 aromatic carbocycles. The molecule has 0 aromatic heterocycles. The molecule has 110 valence electrons. The highest BCUT2D eigenvalue weighted by atomic mass is 16.4. The van der Waals surface area contributed by atoms with Gasteiger partial charge in [-0.15, -0.1) is 6.42 Å². The quantitative estimate of drug-likeness (QED) is 0.780. The highest BCUT2D eigenvalue weighted by Gasteiger charge is 2.49. The SMILES string of the molecule is C#CCN(CC1CC1)C(=O)N1CCCC1(CC)C(=O)O. The summed E-state index contributed by atoms with van der Waals surface area (Å²) in [6, 6.07) is -0.211. The summed E-state index contributed by atoms with van der Waals surface area (Å²) >= 11 is 0. The number of rotatable bonds is 5. The van der Waals surface area contributed by atoms with E-state index in [4.69, 9.17) is 6.42 Å². The summed E-state index contributed by atoms with van der Waals surface area (Å²) in [6.45, 7) is 3.24. The Bertz CT molecular complexity index is 439. The van der Waals surface area contributed by atoms with Gasteiger partial charge >= 0.3 is 12.0 Å². The third kappa shape index (κ3) is 2.60. The molecule has 0 aromatic rings. The minimum absolute atomic E-state index is 0.211. The Morgan fingerprint density at radius 1 is 1.50 bits per heavy atom. The predicted octanol–water partition coefficient (Wildman–Crippen LogP) is 1.78. The van der Waals surface area contributed by atoms with Gasteiger partial charge in [0.1, 0.15) is 5.54 Å². The Kier molecular flexibility index (Phi) is 4.22. The molecule has 5 heteroatoms. The molecule has 1 N–H and O–H groups in total. The molecule has 1 aliphatic heterocycles. The van der Waals surface area contributed by atoms with Crippen LogP contribution in [-0.2, 0) is 4.79 Å². The van der Waals surface area contributed by atoms with E-state index < -0.39 is 11.5 Å². The maximum absolute atomic E-state index is 12.7. The molecule has 1 aliphatic carbocycles. The topological polar surface area (TPSA) is 60.9 Å². The number of urea groups is 1. The fourth-order valence-electron chi connectivity index (χ4n) is 3.00. The third-order valence-electron chi connectivity index (χ3n) is 4.43. The monoisotopic (exact) mass is 278 g/mol. The Balaban J connectivity index is 2.16. The van der Waals surface area contributed by atoms with Crippen LogP contribution in [0.5, 0.6) is 0 Å². The van der Waals surface area contributed by atoms with E-state index in [-0.39, 0.29) is 12.6 Å². The summed E-state index contributed by atoms with van der Waals surface area (Å²) < 4.78 is 0. The molecular weight excluding hydrogens is 256 g/mol. The van der Waals surface area contributed by atoms with E-state index in [9.17, 15) is 14.7 Å². The zero-order chi connectivity index (χ0) is 14.8. The first-order valence-electron chi connectivity index (χ1n) is 7.28. The van der Waals surface area contributed by atoms with Crippen molar-refractivity contribution < 1.29 is 14.7 Å². The summed E-state index contributed by atoms with van der Waals surface area (Å²) in [5, 5.41) is 9.54. The van der Waals surface area contributed by atoms with Crippen LogP contribution in [0.2, 0.25) is 0 Å². The molecule has 0 bridgehead atoms. The number of carbonyl (C=O) groups is 2. The van der Waals surface area contributed by atoms with Gasteiger partial charge in [0.2, 0.25) is 0 Å². The minimum Gasteiger partial charge on any atom is -0.479 e. The lowest BCUT2D eigenvalue weighted by Crippen LogP contribution is -2.56. The van der Waals surface area contributed by atoms with Crippen LogP contribution in [0, 0.1) is 18.3 Å². The van der Waals surface area contributed by atoms with Gasteiger partial charge in [-0.25, -0.2) is 9.59 Å². The summed E-state index contributed by atoms with van der Waals surface area (Å²) in [4.78, 5) is 27.5. The number of terminal acetylenes is 1. The van der Waals surface area contributed by atoms with Crippen LogP contribution in [0.25, 0.3) is 0 Å². The van der Waals surface area contributed by atoms with Crippen LogP contribution in [0.1, 0.15) is 39.0 Å². The van der Waals surface area contributed by atoms with Crippen molar-refractivity contribution in [3.05, 3.63) is 0 Å². The fraction of sp³-hybridized carbons (Fsp3) is 0.733. The molecule has 2 rings (SSSR count). The number of aliphatic carboxylic acids is 1. The van der Waals surface area contributed by atoms with E-state index in [2.05, 4.69) is 5.92 Å². The number of likely N-dealkylation sites (tertiary alicyclic amines) is 1. The van der Waals surface area contributed by atoms with Crippen molar-refractivity contribution in [2.24, 2.45) is 5.92 Å². The average Bonchev–Trinajstić information content (AvgIpc) is 3.13. The molecular formula is C15H22N2O3. The van der Waals surface area contributed by atoms with E-state index in [0.717, 1.165) is 19.3 Å². The zero-order valence-corrected chi connectivity index (χ0v) is 12.0. The highest BCUT2D eigenvalue weighted by molar-refractivity contribution is 5.87. The number of carboxylic acid groups (broad SMARTS) is 1. The standard InChI is InChI=1S/C15H22N2O3/c1-3-9-16(11-12-6-7-12)14(20)17-10-5-8-15(17,4-2)13(18)19/h1,12H,4-11H2,2H3,(H,18,19). The molecule has 1 unspecified atom stereocenters. The summed E-state index contributed by atoms with van der Waals surface area (Å²) in [6.07, 6.45) is 9.30. The van der Waals surface area contributed by atoms with Crippen molar-refractivity contribution in [1.82, 2.24) is 9.80 Å². The molecule has 1 heterocycles. The van der Waals surface area contributed by atoms with E-state index in [1.807, 2.05) is 6.92 Å². The molecule has 1 saturated carbocycles. The normalized spacial score (nSPS) is 25.3. The maximum atomic E-state index is 12.7. The Morgan fingerprint density at radius 3 is 2.70 bits per heavy atom. The molecule has 2 fully saturated rings. The molecule has 5 nitrogen and oxygen atoms in total. The number of nitrogens with zero attached hydrogens (tertiary/aromatic N) is 2. The number of hydrogen-bond donors (Lipinski definition) is 1. The van der Waals surface area contributed by atoms with Crippen molar-refractivity contribution in [3.63, 3.8) is 0 Å². The lowest BCUT2D eigenvalue weighted by atomic mass is 9.93. The fourth-order valence-corrected chi connectivity index (χ4v) is 3.00. The van der Waals surface area contributed by atoms with Crippen LogP contribution in [0.4, 0.5) is 4.79 Å². The molecule has 2 amide bonds. The van der Waals surface area contributed by atoms with Crippen molar-refractivity contribution in [3.8, 4) is 12.3 Å². The van der Waals surface area contributed by atoms with Gasteiger partial charge < -0.3 is 14.9 Å². The van der Waals surface area contributed by atoms with Crippen LogP contribution in [-0.4, -0.2) is 52.1 Å². The molecule has 0 radical (unpaired) electrons. The number of amides is 2. The first-order valence-corrected chi connectivity index (χ1v) is 7.28. The second-order valence-electron chi connectivity index (χ2n) is 5.76. The predicted molar refractivity (Wildman–Crippen MR) is 75.1 cm³/mol. The van der Waals surface area contributed by atoms with Crippen molar-refractivity contribution in [2.75, 3.05) is 19.6 Å². The second kappa shape index (κ2) is 5.74. The van der Waals surface area contributed by atoms with Gasteiger partial charge in [-0.2, -0.15) is 0 Å². The lowest BCUT2D eigenvalue weighted by molar-refractivity contribution is -0.148. The van der Waals surface area contributed by atoms with Gasteiger partial charge in [0.05, 0.1) is 6.54 Å².